The van der Waals surface area contributed by atoms with Gasteiger partial charge in [0.15, 0.2) is 5.84 Å². The number of rotatable bonds is 3. The van der Waals surface area contributed by atoms with Crippen molar-refractivity contribution in [2.45, 2.75) is 6.92 Å². The Hall–Kier alpha value is -2.21. The highest BCUT2D eigenvalue weighted by Gasteiger charge is 2.32. The molecule has 0 saturated heterocycles. The van der Waals surface area contributed by atoms with Gasteiger partial charge in [0.05, 0.1) is 33.4 Å². The molecule has 2 aromatic rings. The number of benzene rings is 2. The number of anilines is 2. The molecule has 0 aromatic heterocycles. The van der Waals surface area contributed by atoms with Gasteiger partial charge in [-0.1, -0.05) is 41.4 Å². The Kier molecular flexibility index (Phi) is 5.14. The maximum absolute atomic E-state index is 12.6. The number of amides is 1. The molecule has 0 atom stereocenters. The average molecular weight is 411 g/mol. The zero-order chi connectivity index (χ0) is 19.0. The number of hydrogen-bond donors (Lipinski definition) is 1. The predicted octanol–water partition coefficient (Wildman–Crippen LogP) is 5.29. The molecule has 1 aliphatic heterocycles. The first kappa shape index (κ1) is 18.6. The van der Waals surface area contributed by atoms with Crippen LogP contribution >= 0.6 is 34.8 Å². The average Bonchev–Trinajstić information content (AvgIpc) is 2.84. The van der Waals surface area contributed by atoms with Crippen molar-refractivity contribution in [1.29, 1.82) is 0 Å². The number of nitrogens with zero attached hydrogens (tertiary/aromatic N) is 2. The molecule has 0 spiro atoms. The minimum Gasteiger partial charge on any atom is -0.497 e. The van der Waals surface area contributed by atoms with Crippen LogP contribution in [0.15, 0.2) is 47.6 Å². The largest absolute Gasteiger partial charge is 0.497 e. The Morgan fingerprint density at radius 1 is 1.12 bits per heavy atom. The van der Waals surface area contributed by atoms with E-state index in [1.54, 1.807) is 37.4 Å². The molecule has 0 bridgehead atoms. The van der Waals surface area contributed by atoms with Crippen LogP contribution in [0.1, 0.15) is 5.56 Å². The van der Waals surface area contributed by atoms with Gasteiger partial charge in [0, 0.05) is 6.07 Å². The Bertz CT molecular complexity index is 934. The number of methoxy groups -OCH3 is 1. The Labute approximate surface area is 165 Å². The molecule has 26 heavy (non-hydrogen) atoms. The molecule has 0 saturated carbocycles. The highest BCUT2D eigenvalue weighted by atomic mass is 35.5. The first-order valence-corrected chi connectivity index (χ1v) is 8.63. The number of carbonyl (C=O) groups excluding carboxylic acids is 1. The number of halogens is 3. The summed E-state index contributed by atoms with van der Waals surface area (Å²) in [5.41, 5.74) is 1.91. The van der Waals surface area contributed by atoms with Gasteiger partial charge in [0.2, 0.25) is 0 Å². The Morgan fingerprint density at radius 2 is 1.77 bits per heavy atom. The summed E-state index contributed by atoms with van der Waals surface area (Å²) in [6, 6.07) is 8.52. The normalized spacial score (nSPS) is 13.9. The standard InChI is InChI=1S/C18H14Cl3N3O2/c1-9-6-13(20)16(14(21)7-9)24-18(25)10(2)17(23-24)22-15-5-4-11(26-3)8-12(15)19/h4-8H,2H2,1,3H3,(H,22,23). The minimum absolute atomic E-state index is 0.171. The van der Waals surface area contributed by atoms with E-state index in [0.29, 0.717) is 32.2 Å². The highest BCUT2D eigenvalue weighted by molar-refractivity contribution is 6.42. The van der Waals surface area contributed by atoms with Gasteiger partial charge in [-0.05, 0) is 36.8 Å². The monoisotopic (exact) mass is 409 g/mol. The van der Waals surface area contributed by atoms with Crippen molar-refractivity contribution in [3.8, 4) is 5.75 Å². The van der Waals surface area contributed by atoms with Gasteiger partial charge in [-0.25, -0.2) is 0 Å². The minimum atomic E-state index is -0.426. The van der Waals surface area contributed by atoms with E-state index in [0.717, 1.165) is 10.6 Å². The van der Waals surface area contributed by atoms with Gasteiger partial charge in [0.1, 0.15) is 11.4 Å². The topological polar surface area (TPSA) is 53.9 Å². The van der Waals surface area contributed by atoms with Crippen molar-refractivity contribution >= 4 is 57.9 Å². The van der Waals surface area contributed by atoms with Crippen LogP contribution in [0.2, 0.25) is 15.1 Å². The summed E-state index contributed by atoms with van der Waals surface area (Å²) in [4.78, 5) is 12.6. The fourth-order valence-electron chi connectivity index (χ4n) is 2.43. The van der Waals surface area contributed by atoms with Crippen molar-refractivity contribution in [2.24, 2.45) is 5.10 Å². The molecule has 2 aromatic carbocycles. The molecule has 1 aliphatic rings. The summed E-state index contributed by atoms with van der Waals surface area (Å²) in [6.45, 7) is 5.65. The quantitative estimate of drug-likeness (QED) is 0.699. The number of ether oxygens (including phenoxy) is 1. The molecule has 0 unspecified atom stereocenters. The fourth-order valence-corrected chi connectivity index (χ4v) is 3.41. The second-order valence-electron chi connectivity index (χ2n) is 5.59. The molecule has 0 aliphatic carbocycles. The maximum Gasteiger partial charge on any atom is 0.282 e. The van der Waals surface area contributed by atoms with Gasteiger partial charge < -0.3 is 10.1 Å². The van der Waals surface area contributed by atoms with E-state index in [1.807, 2.05) is 6.92 Å². The summed E-state index contributed by atoms with van der Waals surface area (Å²) < 4.78 is 5.12. The first-order valence-electron chi connectivity index (χ1n) is 7.50. The molecule has 1 N–H and O–H groups in total. The van der Waals surface area contributed by atoms with Crippen molar-refractivity contribution in [3.63, 3.8) is 0 Å². The van der Waals surface area contributed by atoms with E-state index < -0.39 is 5.91 Å². The lowest BCUT2D eigenvalue weighted by molar-refractivity contribution is -0.114. The molecule has 0 fully saturated rings. The van der Waals surface area contributed by atoms with Crippen LogP contribution in [-0.2, 0) is 4.79 Å². The summed E-state index contributed by atoms with van der Waals surface area (Å²) in [5.74, 6) is 0.447. The molecule has 1 amide bonds. The van der Waals surface area contributed by atoms with Crippen molar-refractivity contribution in [2.75, 3.05) is 17.4 Å². The number of hydrogen-bond acceptors (Lipinski definition) is 4. The van der Waals surface area contributed by atoms with Crippen LogP contribution in [0.25, 0.3) is 0 Å². The molecular weight excluding hydrogens is 397 g/mol. The second-order valence-corrected chi connectivity index (χ2v) is 6.81. The summed E-state index contributed by atoms with van der Waals surface area (Å²) >= 11 is 18.7. The van der Waals surface area contributed by atoms with Gasteiger partial charge in [-0.15, -0.1) is 5.10 Å². The van der Waals surface area contributed by atoms with Crippen LogP contribution in [0, 0.1) is 6.92 Å². The van der Waals surface area contributed by atoms with Crippen molar-refractivity contribution in [1.82, 2.24) is 0 Å². The van der Waals surface area contributed by atoms with E-state index in [-0.39, 0.29) is 11.4 Å². The molecule has 0 radical (unpaired) electrons. The van der Waals surface area contributed by atoms with E-state index in [2.05, 4.69) is 17.0 Å². The van der Waals surface area contributed by atoms with Crippen molar-refractivity contribution in [3.05, 3.63) is 63.1 Å². The number of hydrazone groups is 1. The van der Waals surface area contributed by atoms with Gasteiger partial charge in [-0.2, -0.15) is 5.01 Å². The van der Waals surface area contributed by atoms with Crippen molar-refractivity contribution < 1.29 is 9.53 Å². The van der Waals surface area contributed by atoms with E-state index >= 15 is 0 Å². The van der Waals surface area contributed by atoms with Crippen LogP contribution in [0.3, 0.4) is 0 Å². The Morgan fingerprint density at radius 3 is 2.35 bits per heavy atom. The van der Waals surface area contributed by atoms with Crippen LogP contribution in [0.5, 0.6) is 5.75 Å². The SMILES string of the molecule is C=C1C(=O)N(c2c(Cl)cc(C)cc2Cl)N=C1Nc1ccc(OC)cc1Cl. The number of aryl methyl sites for hydroxylation is 1. The summed E-state index contributed by atoms with van der Waals surface area (Å²) in [7, 11) is 1.55. The number of carbonyl (C=O) groups is 1. The molecule has 3 rings (SSSR count). The fraction of sp³-hybridized carbons (Fsp3) is 0.111. The van der Waals surface area contributed by atoms with Crippen LogP contribution in [0.4, 0.5) is 11.4 Å². The lowest BCUT2D eigenvalue weighted by Crippen LogP contribution is -2.22. The van der Waals surface area contributed by atoms with Gasteiger partial charge in [-0.3, -0.25) is 4.79 Å². The maximum atomic E-state index is 12.6. The molecule has 1 heterocycles. The van der Waals surface area contributed by atoms with E-state index in [1.165, 1.54) is 0 Å². The highest BCUT2D eigenvalue weighted by Crippen LogP contribution is 2.38. The second kappa shape index (κ2) is 7.19. The van der Waals surface area contributed by atoms with Crippen LogP contribution < -0.4 is 15.1 Å². The Balaban J connectivity index is 1.96. The smallest absolute Gasteiger partial charge is 0.282 e. The third kappa shape index (κ3) is 3.38. The summed E-state index contributed by atoms with van der Waals surface area (Å²) in [5, 5.41) is 9.48. The van der Waals surface area contributed by atoms with Gasteiger partial charge in [0.25, 0.3) is 5.91 Å². The third-order valence-corrected chi connectivity index (χ3v) is 4.63. The molecule has 134 valence electrons. The lowest BCUT2D eigenvalue weighted by Gasteiger charge is -2.15. The summed E-state index contributed by atoms with van der Waals surface area (Å²) in [6.07, 6.45) is 0. The van der Waals surface area contributed by atoms with Crippen LogP contribution in [-0.4, -0.2) is 18.9 Å². The number of nitrogens with one attached hydrogen (secondary N) is 1. The van der Waals surface area contributed by atoms with E-state index in [4.69, 9.17) is 39.5 Å². The predicted molar refractivity (Wildman–Crippen MR) is 107 cm³/mol. The lowest BCUT2D eigenvalue weighted by atomic mass is 10.2. The first-order chi connectivity index (χ1) is 12.3. The third-order valence-electron chi connectivity index (χ3n) is 3.74. The molecular formula is C18H14Cl3N3O2. The number of amidine groups is 1. The zero-order valence-electron chi connectivity index (χ0n) is 13.9. The molecule has 8 heteroatoms. The van der Waals surface area contributed by atoms with E-state index in [9.17, 15) is 4.79 Å². The zero-order valence-corrected chi connectivity index (χ0v) is 16.2. The van der Waals surface area contributed by atoms with Gasteiger partial charge >= 0.3 is 0 Å². The molecule has 5 nitrogen and oxygen atoms in total.